The van der Waals surface area contributed by atoms with Gasteiger partial charge in [-0.25, -0.2) is 0 Å². The quantitative estimate of drug-likeness (QED) is 0.632. The second kappa shape index (κ2) is 9.32. The van der Waals surface area contributed by atoms with Crippen LogP contribution in [0.15, 0.2) is 0 Å². The summed E-state index contributed by atoms with van der Waals surface area (Å²) >= 11 is 0. The molecule has 2 N–H and O–H groups in total. The van der Waals surface area contributed by atoms with Crippen LogP contribution in [0.5, 0.6) is 0 Å². The Kier molecular flexibility index (Phi) is 8.07. The second-order valence-electron chi connectivity index (χ2n) is 5.92. The summed E-state index contributed by atoms with van der Waals surface area (Å²) < 4.78 is 0. The highest BCUT2D eigenvalue weighted by molar-refractivity contribution is 5.66. The van der Waals surface area contributed by atoms with Gasteiger partial charge in [-0.3, -0.25) is 4.79 Å². The molecule has 19 heavy (non-hydrogen) atoms. The van der Waals surface area contributed by atoms with E-state index in [9.17, 15) is 4.79 Å². The van der Waals surface area contributed by atoms with E-state index in [1.807, 2.05) is 0 Å². The van der Waals surface area contributed by atoms with E-state index < -0.39 is 5.97 Å². The summed E-state index contributed by atoms with van der Waals surface area (Å²) in [6, 6.07) is 0. The minimum absolute atomic E-state index is 0.287. The van der Waals surface area contributed by atoms with Crippen molar-refractivity contribution in [1.29, 1.82) is 0 Å². The maximum Gasteiger partial charge on any atom is 0.303 e. The lowest BCUT2D eigenvalue weighted by molar-refractivity contribution is -0.138. The molecular weight excluding hydrogens is 242 g/mol. The molecule has 1 aliphatic rings. The zero-order chi connectivity index (χ0) is 14.1. The fraction of sp³-hybridized carbons (Fsp3) is 0.933. The number of hydrogen-bond acceptors (Lipinski definition) is 3. The zero-order valence-corrected chi connectivity index (χ0v) is 12.2. The smallest absolute Gasteiger partial charge is 0.303 e. The maximum atomic E-state index is 10.8. The highest BCUT2D eigenvalue weighted by atomic mass is 16.4. The van der Waals surface area contributed by atoms with Crippen molar-refractivity contribution in [3.05, 3.63) is 0 Å². The first kappa shape index (κ1) is 16.4. The molecule has 112 valence electrons. The lowest BCUT2D eigenvalue weighted by atomic mass is 9.84. The summed E-state index contributed by atoms with van der Waals surface area (Å²) in [5, 5.41) is 17.6. The van der Waals surface area contributed by atoms with Gasteiger partial charge in [-0.1, -0.05) is 19.8 Å². The third-order valence-electron chi connectivity index (χ3n) is 4.23. The Morgan fingerprint density at radius 1 is 1.32 bits per heavy atom. The van der Waals surface area contributed by atoms with Crippen molar-refractivity contribution >= 4 is 5.97 Å². The molecule has 0 aromatic carbocycles. The van der Waals surface area contributed by atoms with E-state index in [4.69, 9.17) is 10.2 Å². The van der Waals surface area contributed by atoms with E-state index in [2.05, 4.69) is 11.8 Å². The Morgan fingerprint density at radius 2 is 2.05 bits per heavy atom. The molecular formula is C15H29NO3. The number of aliphatic hydroxyl groups excluding tert-OH is 1. The topological polar surface area (TPSA) is 60.8 Å². The number of piperidine rings is 1. The van der Waals surface area contributed by atoms with Crippen molar-refractivity contribution < 1.29 is 15.0 Å². The fourth-order valence-electron chi connectivity index (χ4n) is 3.00. The molecule has 0 aliphatic carbocycles. The second-order valence-corrected chi connectivity index (χ2v) is 5.92. The number of carbonyl (C=O) groups is 1. The van der Waals surface area contributed by atoms with Crippen molar-refractivity contribution in [2.24, 2.45) is 11.8 Å². The minimum Gasteiger partial charge on any atom is -0.481 e. The standard InChI is InChI=1S/C15H29NO3/c1-13(11-15(18)19)14-7-6-9-16(12-14)8-4-2-3-5-10-17/h13-14,17H,2-12H2,1H3,(H,18,19). The maximum absolute atomic E-state index is 10.8. The van der Waals surface area contributed by atoms with Gasteiger partial charge in [-0.2, -0.15) is 0 Å². The number of unbranched alkanes of at least 4 members (excludes halogenated alkanes) is 3. The first-order chi connectivity index (χ1) is 9.13. The van der Waals surface area contributed by atoms with Crippen LogP contribution in [0.25, 0.3) is 0 Å². The van der Waals surface area contributed by atoms with Gasteiger partial charge >= 0.3 is 5.97 Å². The van der Waals surface area contributed by atoms with Gasteiger partial charge in [0.15, 0.2) is 0 Å². The Balaban J connectivity index is 2.20. The number of aliphatic carboxylic acids is 1. The van der Waals surface area contributed by atoms with E-state index in [0.29, 0.717) is 18.9 Å². The van der Waals surface area contributed by atoms with Crippen LogP contribution in [0.2, 0.25) is 0 Å². The summed E-state index contributed by atoms with van der Waals surface area (Å²) in [5.41, 5.74) is 0. The average molecular weight is 271 g/mol. The Labute approximate surface area is 116 Å². The highest BCUT2D eigenvalue weighted by Crippen LogP contribution is 2.26. The molecule has 1 heterocycles. The van der Waals surface area contributed by atoms with Gasteiger partial charge in [0.25, 0.3) is 0 Å². The molecule has 0 radical (unpaired) electrons. The van der Waals surface area contributed by atoms with Crippen LogP contribution < -0.4 is 0 Å². The number of carboxylic acid groups (broad SMARTS) is 1. The SMILES string of the molecule is CC(CC(=O)O)C1CCCN(CCCCCCO)C1. The van der Waals surface area contributed by atoms with Crippen LogP contribution >= 0.6 is 0 Å². The van der Waals surface area contributed by atoms with Crippen molar-refractivity contribution in [1.82, 2.24) is 4.90 Å². The van der Waals surface area contributed by atoms with Gasteiger partial charge in [0.2, 0.25) is 0 Å². The van der Waals surface area contributed by atoms with Crippen LogP contribution in [0.3, 0.4) is 0 Å². The molecule has 1 rings (SSSR count). The number of nitrogens with zero attached hydrogens (tertiary/aromatic N) is 1. The summed E-state index contributed by atoms with van der Waals surface area (Å²) in [6.07, 6.45) is 7.09. The largest absolute Gasteiger partial charge is 0.481 e. The number of likely N-dealkylation sites (tertiary alicyclic amines) is 1. The summed E-state index contributed by atoms with van der Waals surface area (Å²) in [5.74, 6) is 0.158. The molecule has 0 spiro atoms. The molecule has 2 atom stereocenters. The van der Waals surface area contributed by atoms with E-state index in [-0.39, 0.29) is 5.92 Å². The highest BCUT2D eigenvalue weighted by Gasteiger charge is 2.25. The Hall–Kier alpha value is -0.610. The van der Waals surface area contributed by atoms with E-state index >= 15 is 0 Å². The predicted molar refractivity (Wildman–Crippen MR) is 76.1 cm³/mol. The molecule has 0 amide bonds. The van der Waals surface area contributed by atoms with Gasteiger partial charge < -0.3 is 15.1 Å². The Bertz CT molecular complexity index is 258. The van der Waals surface area contributed by atoms with E-state index in [1.165, 1.54) is 25.7 Å². The molecule has 0 bridgehead atoms. The van der Waals surface area contributed by atoms with Gasteiger partial charge in [0.1, 0.15) is 0 Å². The summed E-state index contributed by atoms with van der Waals surface area (Å²) in [7, 11) is 0. The third-order valence-corrected chi connectivity index (χ3v) is 4.23. The first-order valence-corrected chi connectivity index (χ1v) is 7.68. The average Bonchev–Trinajstić information content (AvgIpc) is 2.38. The number of carboxylic acids is 1. The monoisotopic (exact) mass is 271 g/mol. The Morgan fingerprint density at radius 3 is 2.74 bits per heavy atom. The van der Waals surface area contributed by atoms with Crippen molar-refractivity contribution in [2.75, 3.05) is 26.2 Å². The molecule has 0 saturated carbocycles. The zero-order valence-electron chi connectivity index (χ0n) is 12.2. The molecule has 1 aliphatic heterocycles. The normalized spacial score (nSPS) is 22.3. The molecule has 4 heteroatoms. The molecule has 1 fully saturated rings. The van der Waals surface area contributed by atoms with Gasteiger partial charge in [-0.05, 0) is 50.6 Å². The number of hydrogen-bond donors (Lipinski definition) is 2. The van der Waals surface area contributed by atoms with E-state index in [1.54, 1.807) is 0 Å². The van der Waals surface area contributed by atoms with Crippen LogP contribution in [-0.4, -0.2) is 47.3 Å². The molecule has 0 aromatic rings. The van der Waals surface area contributed by atoms with Crippen LogP contribution in [-0.2, 0) is 4.79 Å². The number of rotatable bonds is 9. The summed E-state index contributed by atoms with van der Waals surface area (Å²) in [4.78, 5) is 13.3. The van der Waals surface area contributed by atoms with Crippen molar-refractivity contribution in [2.45, 2.75) is 51.9 Å². The van der Waals surface area contributed by atoms with Gasteiger partial charge in [0, 0.05) is 19.6 Å². The van der Waals surface area contributed by atoms with Crippen LogP contribution in [0.4, 0.5) is 0 Å². The van der Waals surface area contributed by atoms with Gasteiger partial charge in [0.05, 0.1) is 0 Å². The van der Waals surface area contributed by atoms with Crippen LogP contribution in [0, 0.1) is 11.8 Å². The lowest BCUT2D eigenvalue weighted by Crippen LogP contribution is -2.38. The van der Waals surface area contributed by atoms with Gasteiger partial charge in [-0.15, -0.1) is 0 Å². The lowest BCUT2D eigenvalue weighted by Gasteiger charge is -2.35. The molecule has 0 aromatic heterocycles. The first-order valence-electron chi connectivity index (χ1n) is 7.68. The van der Waals surface area contributed by atoms with Crippen molar-refractivity contribution in [3.63, 3.8) is 0 Å². The fourth-order valence-corrected chi connectivity index (χ4v) is 3.00. The predicted octanol–water partition coefficient (Wildman–Crippen LogP) is 2.36. The summed E-state index contributed by atoms with van der Waals surface area (Å²) in [6.45, 7) is 5.73. The third kappa shape index (κ3) is 6.92. The number of aliphatic hydroxyl groups is 1. The minimum atomic E-state index is -0.673. The molecule has 4 nitrogen and oxygen atoms in total. The van der Waals surface area contributed by atoms with Crippen LogP contribution in [0.1, 0.15) is 51.9 Å². The van der Waals surface area contributed by atoms with E-state index in [0.717, 1.165) is 32.5 Å². The molecule has 2 unspecified atom stereocenters. The molecule has 1 saturated heterocycles. The van der Waals surface area contributed by atoms with Crippen molar-refractivity contribution in [3.8, 4) is 0 Å².